The van der Waals surface area contributed by atoms with Crippen LogP contribution in [0.2, 0.25) is 0 Å². The Morgan fingerprint density at radius 3 is 2.59 bits per heavy atom. The number of amidine groups is 1. The highest BCUT2D eigenvalue weighted by atomic mass is 19.1. The van der Waals surface area contributed by atoms with Crippen molar-refractivity contribution in [3.05, 3.63) is 77.6 Å². The number of hydrogen-bond donors (Lipinski definition) is 1. The Kier molecular flexibility index (Phi) is 4.22. The van der Waals surface area contributed by atoms with Crippen LogP contribution in [0.15, 0.2) is 60.1 Å². The number of rotatable bonds is 2. The smallest absolute Gasteiger partial charge is 0.283 e. The predicted octanol–water partition coefficient (Wildman–Crippen LogP) is 3.78. The molecule has 7 nitrogen and oxygen atoms in total. The van der Waals surface area contributed by atoms with E-state index in [2.05, 4.69) is 22.1 Å². The van der Waals surface area contributed by atoms with E-state index in [0.717, 1.165) is 17.5 Å². The average molecular weight is 430 g/mol. The first-order valence-corrected chi connectivity index (χ1v) is 10.3. The summed E-state index contributed by atoms with van der Waals surface area (Å²) in [5.74, 6) is 0.554. The van der Waals surface area contributed by atoms with Crippen LogP contribution in [0, 0.1) is 5.82 Å². The van der Waals surface area contributed by atoms with Crippen LogP contribution in [-0.4, -0.2) is 35.8 Å². The maximum absolute atomic E-state index is 15.1. The third-order valence-electron chi connectivity index (χ3n) is 6.10. The molecule has 2 N–H and O–H groups in total. The molecule has 8 heteroatoms. The third-order valence-corrected chi connectivity index (χ3v) is 6.10. The van der Waals surface area contributed by atoms with Crippen LogP contribution >= 0.6 is 0 Å². The summed E-state index contributed by atoms with van der Waals surface area (Å²) in [4.78, 5) is 12.7. The summed E-state index contributed by atoms with van der Waals surface area (Å²) in [6.07, 6.45) is 7.46. The van der Waals surface area contributed by atoms with E-state index in [-0.39, 0.29) is 12.6 Å². The molecule has 160 valence electrons. The van der Waals surface area contributed by atoms with Gasteiger partial charge in [0.15, 0.2) is 5.54 Å². The fourth-order valence-corrected chi connectivity index (χ4v) is 4.52. The van der Waals surface area contributed by atoms with Crippen molar-refractivity contribution in [2.75, 3.05) is 19.8 Å². The van der Waals surface area contributed by atoms with Gasteiger partial charge in [0, 0.05) is 40.7 Å². The summed E-state index contributed by atoms with van der Waals surface area (Å²) >= 11 is 0. The number of benzene rings is 2. The summed E-state index contributed by atoms with van der Waals surface area (Å²) in [6, 6.07) is 9.17. The van der Waals surface area contributed by atoms with Gasteiger partial charge in [0.05, 0.1) is 13.2 Å². The monoisotopic (exact) mass is 430 g/mol. The van der Waals surface area contributed by atoms with Crippen molar-refractivity contribution in [2.45, 2.75) is 12.0 Å². The third kappa shape index (κ3) is 2.87. The molecule has 1 atom stereocenters. The second-order valence-electron chi connectivity index (χ2n) is 7.92. The second kappa shape index (κ2) is 7.13. The molecule has 0 saturated heterocycles. The number of aliphatic imine (C=N–C) groups is 1. The molecule has 0 amide bonds. The van der Waals surface area contributed by atoms with Crippen molar-refractivity contribution < 1.29 is 18.6 Å². The molecule has 0 fully saturated rings. The van der Waals surface area contributed by atoms with E-state index in [4.69, 9.17) is 24.9 Å². The number of aromatic nitrogens is 2. The van der Waals surface area contributed by atoms with E-state index < -0.39 is 11.4 Å². The highest BCUT2D eigenvalue weighted by molar-refractivity contribution is 5.79. The molecule has 3 aliphatic rings. The predicted molar refractivity (Wildman–Crippen MR) is 116 cm³/mol. The van der Waals surface area contributed by atoms with Crippen LogP contribution in [0.5, 0.6) is 11.5 Å². The Balaban J connectivity index is 1.56. The van der Waals surface area contributed by atoms with Gasteiger partial charge in [-0.15, -0.1) is 0 Å². The van der Waals surface area contributed by atoms with Crippen molar-refractivity contribution in [2.24, 2.45) is 10.7 Å². The zero-order valence-electron chi connectivity index (χ0n) is 17.0. The standard InChI is InChI=1S/C24H19FN4O3/c25-20-9-22-19(8-17(20)16-10-27-13-28-11-16)24(12-31-23(26)29-24)18-7-15(1-2-21(18)32-22)14-3-5-30-6-4-14/h1-3,7-11,13H,4-6,12H2,(H2,26,29). The Bertz CT molecular complexity index is 1290. The molecule has 0 saturated carbocycles. The molecular formula is C24H19FN4O3. The molecule has 1 unspecified atom stereocenters. The van der Waals surface area contributed by atoms with Crippen LogP contribution in [0.4, 0.5) is 4.39 Å². The number of ether oxygens (including phenoxy) is 3. The van der Waals surface area contributed by atoms with Gasteiger partial charge in [0.25, 0.3) is 6.02 Å². The topological polar surface area (TPSA) is 91.9 Å². The van der Waals surface area contributed by atoms with Gasteiger partial charge in [-0.25, -0.2) is 19.4 Å². The molecule has 6 rings (SSSR count). The number of hydrogen-bond acceptors (Lipinski definition) is 7. The first-order valence-electron chi connectivity index (χ1n) is 10.3. The second-order valence-corrected chi connectivity index (χ2v) is 7.92. The molecule has 3 aliphatic heterocycles. The lowest BCUT2D eigenvalue weighted by Crippen LogP contribution is -2.31. The van der Waals surface area contributed by atoms with Crippen LogP contribution in [-0.2, 0) is 15.0 Å². The minimum Gasteiger partial charge on any atom is -0.462 e. The Morgan fingerprint density at radius 1 is 1.00 bits per heavy atom. The largest absolute Gasteiger partial charge is 0.462 e. The molecule has 2 aromatic carbocycles. The fraction of sp³-hybridized carbons (Fsp3) is 0.208. The van der Waals surface area contributed by atoms with Gasteiger partial charge >= 0.3 is 0 Å². The Labute approximate surface area is 183 Å². The number of fused-ring (bicyclic) bond motifs is 4. The molecule has 3 aromatic rings. The van der Waals surface area contributed by atoms with Crippen molar-refractivity contribution in [3.63, 3.8) is 0 Å². The first kappa shape index (κ1) is 18.9. The van der Waals surface area contributed by atoms with E-state index in [0.29, 0.717) is 41.4 Å². The lowest BCUT2D eigenvalue weighted by molar-refractivity contribution is 0.161. The zero-order valence-corrected chi connectivity index (χ0v) is 17.0. The molecule has 0 bridgehead atoms. The average Bonchev–Trinajstić information content (AvgIpc) is 3.22. The summed E-state index contributed by atoms with van der Waals surface area (Å²) in [5.41, 5.74) is 9.75. The maximum Gasteiger partial charge on any atom is 0.283 e. The van der Waals surface area contributed by atoms with Gasteiger partial charge in [0.1, 0.15) is 30.3 Å². The van der Waals surface area contributed by atoms with Gasteiger partial charge in [-0.05, 0) is 35.8 Å². The maximum atomic E-state index is 15.1. The van der Waals surface area contributed by atoms with Crippen LogP contribution in [0.1, 0.15) is 23.1 Å². The lowest BCUT2D eigenvalue weighted by Gasteiger charge is -2.34. The quantitative estimate of drug-likeness (QED) is 0.665. The summed E-state index contributed by atoms with van der Waals surface area (Å²) in [7, 11) is 0. The van der Waals surface area contributed by atoms with E-state index in [1.54, 1.807) is 18.5 Å². The minimum atomic E-state index is -0.938. The molecular weight excluding hydrogens is 411 g/mol. The molecule has 32 heavy (non-hydrogen) atoms. The van der Waals surface area contributed by atoms with Gasteiger partial charge in [-0.3, -0.25) is 0 Å². The van der Waals surface area contributed by atoms with E-state index in [1.807, 2.05) is 12.1 Å². The molecule has 4 heterocycles. The van der Waals surface area contributed by atoms with Crippen LogP contribution < -0.4 is 10.5 Å². The lowest BCUT2D eigenvalue weighted by atomic mass is 9.79. The van der Waals surface area contributed by atoms with Gasteiger partial charge in [-0.1, -0.05) is 12.1 Å². The summed E-state index contributed by atoms with van der Waals surface area (Å²) in [6.45, 7) is 1.47. The Morgan fingerprint density at radius 2 is 1.84 bits per heavy atom. The highest BCUT2D eigenvalue weighted by Crippen LogP contribution is 2.52. The number of nitrogens with two attached hydrogens (primary N) is 1. The molecule has 0 radical (unpaired) electrons. The number of nitrogens with zero attached hydrogens (tertiary/aromatic N) is 3. The van der Waals surface area contributed by atoms with Crippen molar-refractivity contribution in [3.8, 4) is 22.6 Å². The van der Waals surface area contributed by atoms with Gasteiger partial charge in [-0.2, -0.15) is 0 Å². The summed E-state index contributed by atoms with van der Waals surface area (Å²) < 4.78 is 32.3. The van der Waals surface area contributed by atoms with Crippen molar-refractivity contribution >= 4 is 11.6 Å². The summed E-state index contributed by atoms with van der Waals surface area (Å²) in [5, 5.41) is 0. The molecule has 1 spiro atoms. The normalized spacial score (nSPS) is 21.2. The van der Waals surface area contributed by atoms with Gasteiger partial charge < -0.3 is 19.9 Å². The first-order chi connectivity index (χ1) is 15.6. The van der Waals surface area contributed by atoms with E-state index >= 15 is 4.39 Å². The van der Waals surface area contributed by atoms with Crippen LogP contribution in [0.25, 0.3) is 16.7 Å². The molecule has 0 aliphatic carbocycles. The SMILES string of the molecule is NC1=NC2(CO1)c1cc(C3=CCOCC3)ccc1Oc1cc(F)c(-c3cncnc3)cc12. The minimum absolute atomic E-state index is 0.0911. The van der Waals surface area contributed by atoms with Crippen molar-refractivity contribution in [1.29, 1.82) is 0 Å². The fourth-order valence-electron chi connectivity index (χ4n) is 4.52. The number of halogens is 1. The zero-order chi connectivity index (χ0) is 21.7. The van der Waals surface area contributed by atoms with Gasteiger partial charge in [0.2, 0.25) is 0 Å². The highest BCUT2D eigenvalue weighted by Gasteiger charge is 2.47. The van der Waals surface area contributed by atoms with Crippen molar-refractivity contribution in [1.82, 2.24) is 9.97 Å². The Hall–Kier alpha value is -3.78. The van der Waals surface area contributed by atoms with E-state index in [9.17, 15) is 0 Å². The molecule has 1 aromatic heterocycles. The van der Waals surface area contributed by atoms with Crippen LogP contribution in [0.3, 0.4) is 0 Å². The van der Waals surface area contributed by atoms with E-state index in [1.165, 1.54) is 18.0 Å².